The summed E-state index contributed by atoms with van der Waals surface area (Å²) in [7, 11) is 0. The smallest absolute Gasteiger partial charge is 0.124 e. The van der Waals surface area contributed by atoms with E-state index >= 15 is 0 Å². The van der Waals surface area contributed by atoms with Crippen molar-refractivity contribution in [3.63, 3.8) is 0 Å². The summed E-state index contributed by atoms with van der Waals surface area (Å²) in [6, 6.07) is 4.37. The lowest BCUT2D eigenvalue weighted by Crippen LogP contribution is -2.41. The molecule has 1 heterocycles. The highest BCUT2D eigenvalue weighted by Gasteiger charge is 2.40. The zero-order chi connectivity index (χ0) is 14.9. The molecule has 1 spiro atoms. The van der Waals surface area contributed by atoms with Crippen molar-refractivity contribution in [1.29, 1.82) is 0 Å². The summed E-state index contributed by atoms with van der Waals surface area (Å²) in [5, 5.41) is 0. The van der Waals surface area contributed by atoms with Gasteiger partial charge in [-0.05, 0) is 38.0 Å². The molecule has 2 N–H and O–H groups in total. The number of ether oxygens (including phenoxy) is 2. The first-order valence-corrected chi connectivity index (χ1v) is 7.94. The van der Waals surface area contributed by atoms with Crippen LogP contribution in [-0.4, -0.2) is 18.3 Å². The summed E-state index contributed by atoms with van der Waals surface area (Å²) in [6.07, 6.45) is 6.72. The molecule has 21 heavy (non-hydrogen) atoms. The number of nitrogens with two attached hydrogens (primary N) is 1. The molecule has 1 aliphatic carbocycles. The molecule has 1 saturated heterocycles. The molecule has 1 aliphatic heterocycles. The first-order chi connectivity index (χ1) is 10.1. The number of halogens is 1. The SMILES string of the molecule is C[C@H](N)c1cc(F)ccc1OC1CCOC2(CCCC2)C1. The van der Waals surface area contributed by atoms with Gasteiger partial charge in [0.1, 0.15) is 17.7 Å². The van der Waals surface area contributed by atoms with E-state index in [4.69, 9.17) is 15.2 Å². The standard InChI is InChI=1S/C17H24FNO2/c1-12(19)15-10-13(18)4-5-16(15)21-14-6-9-20-17(11-14)7-2-3-8-17/h4-5,10,12,14H,2-3,6-9,11,19H2,1H3/t12-,14?/m0/s1. The van der Waals surface area contributed by atoms with Crippen LogP contribution in [0.15, 0.2) is 18.2 Å². The summed E-state index contributed by atoms with van der Waals surface area (Å²) < 4.78 is 25.6. The normalized spacial score (nSPS) is 26.0. The summed E-state index contributed by atoms with van der Waals surface area (Å²) >= 11 is 0. The van der Waals surface area contributed by atoms with E-state index in [9.17, 15) is 4.39 Å². The monoisotopic (exact) mass is 293 g/mol. The molecule has 0 bridgehead atoms. The Morgan fingerprint density at radius 3 is 2.86 bits per heavy atom. The molecular formula is C17H24FNO2. The predicted molar refractivity (Wildman–Crippen MR) is 79.8 cm³/mol. The van der Waals surface area contributed by atoms with Crippen molar-refractivity contribution in [2.75, 3.05) is 6.61 Å². The molecule has 1 unspecified atom stereocenters. The van der Waals surface area contributed by atoms with Crippen LogP contribution in [0.5, 0.6) is 5.75 Å². The Morgan fingerprint density at radius 1 is 1.38 bits per heavy atom. The molecular weight excluding hydrogens is 269 g/mol. The average Bonchev–Trinajstić information content (AvgIpc) is 2.88. The molecule has 2 aliphatic rings. The van der Waals surface area contributed by atoms with Crippen molar-refractivity contribution in [3.05, 3.63) is 29.6 Å². The Morgan fingerprint density at radius 2 is 2.14 bits per heavy atom. The minimum atomic E-state index is -0.270. The second-order valence-corrected chi connectivity index (χ2v) is 6.44. The van der Waals surface area contributed by atoms with Crippen molar-refractivity contribution >= 4 is 0 Å². The van der Waals surface area contributed by atoms with Gasteiger partial charge < -0.3 is 15.2 Å². The van der Waals surface area contributed by atoms with Gasteiger partial charge in [-0.2, -0.15) is 0 Å². The van der Waals surface area contributed by atoms with Gasteiger partial charge in [0.05, 0.1) is 12.2 Å². The largest absolute Gasteiger partial charge is 0.490 e. The first-order valence-electron chi connectivity index (χ1n) is 7.94. The third kappa shape index (κ3) is 3.22. The minimum Gasteiger partial charge on any atom is -0.490 e. The number of hydrogen-bond donors (Lipinski definition) is 1. The average molecular weight is 293 g/mol. The van der Waals surface area contributed by atoms with E-state index in [1.54, 1.807) is 6.07 Å². The third-order valence-corrected chi connectivity index (χ3v) is 4.72. The van der Waals surface area contributed by atoms with Crippen LogP contribution < -0.4 is 10.5 Å². The van der Waals surface area contributed by atoms with E-state index in [1.807, 2.05) is 6.92 Å². The second-order valence-electron chi connectivity index (χ2n) is 6.44. The molecule has 0 amide bonds. The highest BCUT2D eigenvalue weighted by atomic mass is 19.1. The zero-order valence-electron chi connectivity index (χ0n) is 12.6. The van der Waals surface area contributed by atoms with Gasteiger partial charge in [0, 0.05) is 24.4 Å². The Hall–Kier alpha value is -1.13. The van der Waals surface area contributed by atoms with Crippen LogP contribution in [0.25, 0.3) is 0 Å². The number of hydrogen-bond acceptors (Lipinski definition) is 3. The van der Waals surface area contributed by atoms with Gasteiger partial charge >= 0.3 is 0 Å². The Kier molecular flexibility index (Phi) is 4.18. The lowest BCUT2D eigenvalue weighted by atomic mass is 9.90. The van der Waals surface area contributed by atoms with Crippen molar-refractivity contribution in [2.24, 2.45) is 5.73 Å². The van der Waals surface area contributed by atoms with Gasteiger partial charge in [0.25, 0.3) is 0 Å². The zero-order valence-corrected chi connectivity index (χ0v) is 12.6. The third-order valence-electron chi connectivity index (χ3n) is 4.72. The van der Waals surface area contributed by atoms with Crippen LogP contribution in [0.2, 0.25) is 0 Å². The quantitative estimate of drug-likeness (QED) is 0.924. The molecule has 2 atom stereocenters. The van der Waals surface area contributed by atoms with Crippen LogP contribution in [-0.2, 0) is 4.74 Å². The van der Waals surface area contributed by atoms with E-state index in [0.29, 0.717) is 5.75 Å². The van der Waals surface area contributed by atoms with Gasteiger partial charge in [-0.1, -0.05) is 12.8 Å². The van der Waals surface area contributed by atoms with E-state index < -0.39 is 0 Å². The summed E-state index contributed by atoms with van der Waals surface area (Å²) in [4.78, 5) is 0. The lowest BCUT2D eigenvalue weighted by molar-refractivity contribution is -0.108. The lowest BCUT2D eigenvalue weighted by Gasteiger charge is -2.38. The Balaban J connectivity index is 1.74. The van der Waals surface area contributed by atoms with Crippen LogP contribution >= 0.6 is 0 Å². The maximum Gasteiger partial charge on any atom is 0.124 e. The predicted octanol–water partition coefficient (Wildman–Crippen LogP) is 3.72. The van der Waals surface area contributed by atoms with Crippen LogP contribution in [0.3, 0.4) is 0 Å². The van der Waals surface area contributed by atoms with Crippen molar-refractivity contribution in [3.8, 4) is 5.75 Å². The highest BCUT2D eigenvalue weighted by Crippen LogP contribution is 2.41. The van der Waals surface area contributed by atoms with E-state index in [-0.39, 0.29) is 23.6 Å². The van der Waals surface area contributed by atoms with Crippen LogP contribution in [0.1, 0.15) is 57.1 Å². The minimum absolute atomic E-state index is 0.0252. The molecule has 0 aromatic heterocycles. The van der Waals surface area contributed by atoms with Crippen molar-refractivity contribution in [2.45, 2.75) is 63.2 Å². The fourth-order valence-electron chi connectivity index (χ4n) is 3.61. The number of rotatable bonds is 3. The molecule has 4 heteroatoms. The highest BCUT2D eigenvalue weighted by molar-refractivity contribution is 5.36. The molecule has 116 valence electrons. The molecule has 1 aromatic rings. The first kappa shape index (κ1) is 14.8. The van der Waals surface area contributed by atoms with Crippen molar-refractivity contribution < 1.29 is 13.9 Å². The maximum atomic E-state index is 13.4. The summed E-state index contributed by atoms with van der Waals surface area (Å²) in [6.45, 7) is 2.60. The summed E-state index contributed by atoms with van der Waals surface area (Å²) in [5.41, 5.74) is 6.70. The summed E-state index contributed by atoms with van der Waals surface area (Å²) in [5.74, 6) is 0.445. The van der Waals surface area contributed by atoms with Crippen molar-refractivity contribution in [1.82, 2.24) is 0 Å². The van der Waals surface area contributed by atoms with Crippen LogP contribution in [0.4, 0.5) is 4.39 Å². The molecule has 1 saturated carbocycles. The molecule has 3 nitrogen and oxygen atoms in total. The Labute approximate surface area is 125 Å². The fraction of sp³-hybridized carbons (Fsp3) is 0.647. The molecule has 2 fully saturated rings. The second kappa shape index (κ2) is 5.93. The topological polar surface area (TPSA) is 44.5 Å². The molecule has 0 radical (unpaired) electrons. The fourth-order valence-corrected chi connectivity index (χ4v) is 3.61. The molecule has 3 rings (SSSR count). The Bertz CT molecular complexity index is 498. The number of benzene rings is 1. The van der Waals surface area contributed by atoms with Gasteiger partial charge in [-0.3, -0.25) is 0 Å². The van der Waals surface area contributed by atoms with Gasteiger partial charge in [-0.15, -0.1) is 0 Å². The van der Waals surface area contributed by atoms with E-state index in [2.05, 4.69) is 0 Å². The van der Waals surface area contributed by atoms with Gasteiger partial charge in [0.15, 0.2) is 0 Å². The van der Waals surface area contributed by atoms with E-state index in [1.165, 1.54) is 25.0 Å². The maximum absolute atomic E-state index is 13.4. The van der Waals surface area contributed by atoms with Gasteiger partial charge in [0.2, 0.25) is 0 Å². The van der Waals surface area contributed by atoms with Crippen LogP contribution in [0, 0.1) is 5.82 Å². The molecule has 1 aromatic carbocycles. The van der Waals surface area contributed by atoms with Gasteiger partial charge in [-0.25, -0.2) is 4.39 Å². The van der Waals surface area contributed by atoms with E-state index in [0.717, 1.165) is 37.9 Å².